The largest absolute Gasteiger partial charge is 0.508 e. The number of carbonyl (C=O) groups excluding carboxylic acids is 2. The van der Waals surface area contributed by atoms with Crippen molar-refractivity contribution in [1.29, 1.82) is 0 Å². The zero-order valence-corrected chi connectivity index (χ0v) is 21.9. The van der Waals surface area contributed by atoms with Gasteiger partial charge in [-0.1, -0.05) is 39.5 Å². The summed E-state index contributed by atoms with van der Waals surface area (Å²) in [5, 5.41) is 21.5. The van der Waals surface area contributed by atoms with E-state index in [0.29, 0.717) is 35.8 Å². The van der Waals surface area contributed by atoms with Gasteiger partial charge in [0, 0.05) is 16.7 Å². The summed E-state index contributed by atoms with van der Waals surface area (Å²) in [6.45, 7) is 6.99. The highest BCUT2D eigenvalue weighted by Gasteiger charge is 2.25. The molecule has 2 N–H and O–H groups in total. The molecule has 0 aliphatic carbocycles. The molecule has 196 valence electrons. The highest BCUT2D eigenvalue weighted by molar-refractivity contribution is 6.17. The Kier molecular flexibility index (Phi) is 10.1. The minimum Gasteiger partial charge on any atom is -0.508 e. The molecule has 6 heteroatoms. The van der Waals surface area contributed by atoms with Crippen LogP contribution in [-0.4, -0.2) is 35.0 Å². The fourth-order valence-corrected chi connectivity index (χ4v) is 3.99. The molecule has 0 saturated heterocycles. The van der Waals surface area contributed by atoms with E-state index >= 15 is 0 Å². The van der Waals surface area contributed by atoms with Gasteiger partial charge in [0.25, 0.3) is 0 Å². The molecule has 0 radical (unpaired) electrons. The van der Waals surface area contributed by atoms with Gasteiger partial charge in [-0.3, -0.25) is 9.59 Å². The number of hydrogen-bond acceptors (Lipinski definition) is 6. The van der Waals surface area contributed by atoms with Crippen LogP contribution in [0.4, 0.5) is 0 Å². The van der Waals surface area contributed by atoms with Crippen LogP contribution in [0.15, 0.2) is 54.6 Å². The van der Waals surface area contributed by atoms with Gasteiger partial charge < -0.3 is 19.7 Å². The van der Waals surface area contributed by atoms with Crippen LogP contribution in [0.1, 0.15) is 89.8 Å². The van der Waals surface area contributed by atoms with Crippen molar-refractivity contribution in [2.45, 2.75) is 59.3 Å². The van der Waals surface area contributed by atoms with Crippen LogP contribution in [-0.2, 0) is 0 Å². The molecule has 3 aromatic rings. The second-order valence-corrected chi connectivity index (χ2v) is 9.11. The van der Waals surface area contributed by atoms with Gasteiger partial charge in [-0.05, 0) is 74.4 Å². The third-order valence-electron chi connectivity index (χ3n) is 6.27. The Bertz CT molecular complexity index is 1200. The first kappa shape index (κ1) is 27.8. The van der Waals surface area contributed by atoms with Crippen molar-refractivity contribution in [2.75, 3.05) is 13.2 Å². The van der Waals surface area contributed by atoms with Gasteiger partial charge in [-0.25, -0.2) is 0 Å². The molecule has 0 heterocycles. The van der Waals surface area contributed by atoms with Gasteiger partial charge in [0.05, 0.1) is 24.3 Å². The molecular formula is C31H36O6. The molecule has 0 aliphatic rings. The molecule has 37 heavy (non-hydrogen) atoms. The van der Waals surface area contributed by atoms with Crippen LogP contribution in [0.3, 0.4) is 0 Å². The van der Waals surface area contributed by atoms with Crippen molar-refractivity contribution in [3.8, 4) is 23.0 Å². The van der Waals surface area contributed by atoms with Crippen LogP contribution in [0, 0.1) is 6.92 Å². The van der Waals surface area contributed by atoms with E-state index in [4.69, 9.17) is 9.47 Å². The van der Waals surface area contributed by atoms with Crippen LogP contribution in [0.5, 0.6) is 23.0 Å². The Morgan fingerprint density at radius 2 is 1.16 bits per heavy atom. The van der Waals surface area contributed by atoms with E-state index in [1.54, 1.807) is 48.5 Å². The number of aromatic hydroxyl groups is 2. The first-order valence-corrected chi connectivity index (χ1v) is 13.0. The van der Waals surface area contributed by atoms with Gasteiger partial charge >= 0.3 is 0 Å². The lowest BCUT2D eigenvalue weighted by Gasteiger charge is -2.14. The predicted octanol–water partition coefficient (Wildman–Crippen LogP) is 7.01. The zero-order chi connectivity index (χ0) is 26.8. The fourth-order valence-electron chi connectivity index (χ4n) is 3.99. The van der Waals surface area contributed by atoms with Crippen molar-refractivity contribution in [3.05, 3.63) is 82.4 Å². The van der Waals surface area contributed by atoms with Crippen molar-refractivity contribution in [1.82, 2.24) is 0 Å². The van der Waals surface area contributed by atoms with Crippen molar-refractivity contribution in [3.63, 3.8) is 0 Å². The van der Waals surface area contributed by atoms with Crippen LogP contribution >= 0.6 is 0 Å². The Hall–Kier alpha value is -3.80. The van der Waals surface area contributed by atoms with Gasteiger partial charge in [0.2, 0.25) is 0 Å². The smallest absolute Gasteiger partial charge is 0.197 e. The van der Waals surface area contributed by atoms with Crippen molar-refractivity contribution >= 4 is 11.6 Å². The molecule has 0 aromatic heterocycles. The molecular weight excluding hydrogens is 468 g/mol. The maximum absolute atomic E-state index is 13.3. The third-order valence-corrected chi connectivity index (χ3v) is 6.27. The molecule has 6 nitrogen and oxygen atoms in total. The molecule has 0 spiro atoms. The minimum atomic E-state index is -0.504. The lowest BCUT2D eigenvalue weighted by atomic mass is 9.92. The number of hydrogen-bond donors (Lipinski definition) is 2. The molecule has 0 bridgehead atoms. The summed E-state index contributed by atoms with van der Waals surface area (Å²) in [4.78, 5) is 26.5. The first-order valence-electron chi connectivity index (χ1n) is 13.0. The number of rotatable bonds is 14. The maximum Gasteiger partial charge on any atom is 0.197 e. The molecule has 0 unspecified atom stereocenters. The van der Waals surface area contributed by atoms with Crippen molar-refractivity contribution < 1.29 is 29.3 Å². The van der Waals surface area contributed by atoms with E-state index < -0.39 is 17.3 Å². The Morgan fingerprint density at radius 1 is 0.703 bits per heavy atom. The number of benzene rings is 3. The lowest BCUT2D eigenvalue weighted by Crippen LogP contribution is -2.09. The number of carbonyl (C=O) groups is 2. The summed E-state index contributed by atoms with van der Waals surface area (Å²) in [7, 11) is 0. The van der Waals surface area contributed by atoms with E-state index in [2.05, 4.69) is 13.8 Å². The van der Waals surface area contributed by atoms with Crippen molar-refractivity contribution in [2.24, 2.45) is 0 Å². The normalized spacial score (nSPS) is 10.8. The monoisotopic (exact) mass is 504 g/mol. The molecule has 0 saturated carbocycles. The van der Waals surface area contributed by atoms with E-state index in [-0.39, 0.29) is 22.4 Å². The minimum absolute atomic E-state index is 0.101. The van der Waals surface area contributed by atoms with E-state index in [1.165, 1.54) is 13.0 Å². The zero-order valence-electron chi connectivity index (χ0n) is 21.9. The van der Waals surface area contributed by atoms with Gasteiger partial charge in [0.15, 0.2) is 11.6 Å². The standard InChI is InChI=1S/C31H36O6/c1-4-6-8-18-36-24-14-10-22(11-15-24)29(33)26-20-27(32)21(3)28(31(26)35)30(34)23-12-16-25(17-13-23)37-19-9-7-5-2/h10-17,20,32,35H,4-9,18-19H2,1-3H3. The van der Waals surface area contributed by atoms with E-state index in [1.807, 2.05) is 0 Å². The SMILES string of the molecule is CCCCCOc1ccc(C(=O)c2cc(O)c(C)c(C(=O)c3ccc(OCCCCC)cc3)c2O)cc1. The first-order chi connectivity index (χ1) is 17.9. The summed E-state index contributed by atoms with van der Waals surface area (Å²) >= 11 is 0. The quantitative estimate of drug-likeness (QED) is 0.139. The number of ether oxygens (including phenoxy) is 2. The van der Waals surface area contributed by atoms with Crippen LogP contribution in [0.2, 0.25) is 0 Å². The second-order valence-electron chi connectivity index (χ2n) is 9.11. The topological polar surface area (TPSA) is 93.1 Å². The maximum atomic E-state index is 13.3. The molecule has 3 aromatic carbocycles. The van der Waals surface area contributed by atoms with Crippen LogP contribution < -0.4 is 9.47 Å². The summed E-state index contributed by atoms with van der Waals surface area (Å²) in [5.41, 5.74) is 0.583. The molecule has 0 amide bonds. The third kappa shape index (κ3) is 7.13. The average molecular weight is 505 g/mol. The van der Waals surface area contributed by atoms with Gasteiger partial charge in [-0.2, -0.15) is 0 Å². The number of phenolic OH excluding ortho intramolecular Hbond substituents is 2. The molecule has 0 fully saturated rings. The predicted molar refractivity (Wildman–Crippen MR) is 144 cm³/mol. The number of unbranched alkanes of at least 4 members (excludes halogenated alkanes) is 4. The van der Waals surface area contributed by atoms with Gasteiger partial charge in [0.1, 0.15) is 23.0 Å². The summed E-state index contributed by atoms with van der Waals surface area (Å²) in [6, 6.07) is 14.4. The fraction of sp³-hybridized carbons (Fsp3) is 0.355. The Balaban J connectivity index is 1.80. The highest BCUT2D eigenvalue weighted by atomic mass is 16.5. The second kappa shape index (κ2) is 13.5. The highest BCUT2D eigenvalue weighted by Crippen LogP contribution is 2.36. The van der Waals surface area contributed by atoms with Gasteiger partial charge in [-0.15, -0.1) is 0 Å². The van der Waals surface area contributed by atoms with E-state index in [0.717, 1.165) is 38.5 Å². The molecule has 0 aliphatic heterocycles. The molecule has 3 rings (SSSR count). The lowest BCUT2D eigenvalue weighted by molar-refractivity contribution is 0.103. The summed E-state index contributed by atoms with van der Waals surface area (Å²) < 4.78 is 11.4. The number of phenols is 2. The van der Waals surface area contributed by atoms with E-state index in [9.17, 15) is 19.8 Å². The summed E-state index contributed by atoms with van der Waals surface area (Å²) in [5.74, 6) is -0.389. The molecule has 0 atom stereocenters. The van der Waals surface area contributed by atoms with Crippen LogP contribution in [0.25, 0.3) is 0 Å². The Labute approximate surface area is 218 Å². The number of ketones is 2. The summed E-state index contributed by atoms with van der Waals surface area (Å²) in [6.07, 6.45) is 6.30. The Morgan fingerprint density at radius 3 is 1.62 bits per heavy atom. The average Bonchev–Trinajstić information content (AvgIpc) is 2.91.